The van der Waals surface area contributed by atoms with E-state index in [4.69, 9.17) is 4.74 Å². The van der Waals surface area contributed by atoms with Crippen molar-refractivity contribution < 1.29 is 4.74 Å². The molecule has 15 heavy (non-hydrogen) atoms. The van der Waals surface area contributed by atoms with Gasteiger partial charge in [0.2, 0.25) is 5.95 Å². The summed E-state index contributed by atoms with van der Waals surface area (Å²) in [6, 6.07) is 0. The maximum atomic E-state index is 5.37. The Morgan fingerprint density at radius 1 is 1.53 bits per heavy atom. The smallest absolute Gasteiger partial charge is 0.203 e. The van der Waals surface area contributed by atoms with E-state index in [1.165, 1.54) is 0 Å². The van der Waals surface area contributed by atoms with Crippen LogP contribution >= 0.6 is 0 Å². The maximum absolute atomic E-state index is 5.37. The van der Waals surface area contributed by atoms with Gasteiger partial charge in [0.25, 0.3) is 0 Å². The van der Waals surface area contributed by atoms with Crippen LogP contribution in [0.15, 0.2) is 12.4 Å². The molecule has 1 aliphatic rings. The Morgan fingerprint density at radius 2 is 2.27 bits per heavy atom. The van der Waals surface area contributed by atoms with Crippen LogP contribution in [0.3, 0.4) is 0 Å². The van der Waals surface area contributed by atoms with Crippen molar-refractivity contribution in [3.8, 4) is 0 Å². The van der Waals surface area contributed by atoms with E-state index < -0.39 is 0 Å². The quantitative estimate of drug-likeness (QED) is 0.826. The standard InChI is InChI=1S/C11H19N3O/c1-3-14-7-6-12-10(14)13-11(2)4-8-15-9-5-11/h6-7H,3-5,8-9H2,1-2H3,(H,12,13). The molecule has 1 aliphatic heterocycles. The van der Waals surface area contributed by atoms with Gasteiger partial charge in [-0.1, -0.05) is 0 Å². The van der Waals surface area contributed by atoms with E-state index in [0.29, 0.717) is 0 Å². The number of imidazole rings is 1. The van der Waals surface area contributed by atoms with Gasteiger partial charge in [-0.15, -0.1) is 0 Å². The van der Waals surface area contributed by atoms with Crippen molar-refractivity contribution in [1.29, 1.82) is 0 Å². The van der Waals surface area contributed by atoms with Crippen molar-refractivity contribution in [1.82, 2.24) is 9.55 Å². The first-order valence-electron chi connectivity index (χ1n) is 5.60. The van der Waals surface area contributed by atoms with Crippen LogP contribution < -0.4 is 5.32 Å². The monoisotopic (exact) mass is 209 g/mol. The molecule has 84 valence electrons. The first-order valence-corrected chi connectivity index (χ1v) is 5.60. The van der Waals surface area contributed by atoms with Gasteiger partial charge in [-0.2, -0.15) is 0 Å². The fourth-order valence-corrected chi connectivity index (χ4v) is 1.91. The van der Waals surface area contributed by atoms with Crippen LogP contribution in [0.1, 0.15) is 26.7 Å². The van der Waals surface area contributed by atoms with Crippen molar-refractivity contribution in [2.75, 3.05) is 18.5 Å². The van der Waals surface area contributed by atoms with E-state index in [-0.39, 0.29) is 5.54 Å². The lowest BCUT2D eigenvalue weighted by Crippen LogP contribution is -2.41. The van der Waals surface area contributed by atoms with Crippen molar-refractivity contribution in [2.45, 2.75) is 38.8 Å². The van der Waals surface area contributed by atoms with Crippen molar-refractivity contribution >= 4 is 5.95 Å². The summed E-state index contributed by atoms with van der Waals surface area (Å²) in [6.07, 6.45) is 5.94. The summed E-state index contributed by atoms with van der Waals surface area (Å²) in [7, 11) is 0. The fraction of sp³-hybridized carbons (Fsp3) is 0.727. The lowest BCUT2D eigenvalue weighted by molar-refractivity contribution is 0.0655. The van der Waals surface area contributed by atoms with E-state index in [1.807, 2.05) is 12.4 Å². The Bertz CT molecular complexity index is 315. The molecule has 0 aliphatic carbocycles. The average Bonchev–Trinajstić information content (AvgIpc) is 2.65. The third kappa shape index (κ3) is 2.31. The van der Waals surface area contributed by atoms with Gasteiger partial charge in [0.1, 0.15) is 0 Å². The number of rotatable bonds is 3. The number of aromatic nitrogens is 2. The molecule has 0 bridgehead atoms. The van der Waals surface area contributed by atoms with Gasteiger partial charge < -0.3 is 14.6 Å². The minimum Gasteiger partial charge on any atom is -0.381 e. The molecule has 0 radical (unpaired) electrons. The second-order valence-electron chi connectivity index (χ2n) is 4.33. The zero-order chi connectivity index (χ0) is 10.7. The SMILES string of the molecule is CCn1ccnc1NC1(C)CCOCC1. The molecule has 1 saturated heterocycles. The highest BCUT2D eigenvalue weighted by atomic mass is 16.5. The topological polar surface area (TPSA) is 39.1 Å². The number of anilines is 1. The van der Waals surface area contributed by atoms with Gasteiger partial charge in [-0.3, -0.25) is 0 Å². The van der Waals surface area contributed by atoms with Gasteiger partial charge in [0.05, 0.1) is 0 Å². The highest BCUT2D eigenvalue weighted by Crippen LogP contribution is 2.24. The van der Waals surface area contributed by atoms with Crippen molar-refractivity contribution in [3.63, 3.8) is 0 Å². The molecule has 1 N–H and O–H groups in total. The molecule has 0 unspecified atom stereocenters. The van der Waals surface area contributed by atoms with Gasteiger partial charge in [-0.25, -0.2) is 4.98 Å². The molecule has 1 aromatic heterocycles. The van der Waals surface area contributed by atoms with Crippen LogP contribution in [-0.2, 0) is 11.3 Å². The van der Waals surface area contributed by atoms with Gasteiger partial charge in [-0.05, 0) is 26.7 Å². The van der Waals surface area contributed by atoms with Gasteiger partial charge in [0.15, 0.2) is 0 Å². The minimum absolute atomic E-state index is 0.135. The summed E-state index contributed by atoms with van der Waals surface area (Å²) in [5.74, 6) is 0.974. The Kier molecular flexibility index (Phi) is 2.95. The van der Waals surface area contributed by atoms with Crippen LogP contribution in [0.5, 0.6) is 0 Å². The van der Waals surface area contributed by atoms with E-state index >= 15 is 0 Å². The first-order chi connectivity index (χ1) is 7.23. The van der Waals surface area contributed by atoms with Gasteiger partial charge >= 0.3 is 0 Å². The molecule has 1 aromatic rings. The van der Waals surface area contributed by atoms with E-state index in [0.717, 1.165) is 38.5 Å². The van der Waals surface area contributed by atoms with Crippen LogP contribution in [0.2, 0.25) is 0 Å². The van der Waals surface area contributed by atoms with Crippen molar-refractivity contribution in [2.24, 2.45) is 0 Å². The normalized spacial score (nSPS) is 20.1. The number of ether oxygens (including phenoxy) is 1. The summed E-state index contributed by atoms with van der Waals surface area (Å²) in [5.41, 5.74) is 0.135. The highest BCUT2D eigenvalue weighted by molar-refractivity contribution is 5.30. The summed E-state index contributed by atoms with van der Waals surface area (Å²) in [6.45, 7) is 7.00. The number of hydrogen-bond donors (Lipinski definition) is 1. The minimum atomic E-state index is 0.135. The third-order valence-electron chi connectivity index (χ3n) is 3.07. The van der Waals surface area contributed by atoms with Crippen molar-refractivity contribution in [3.05, 3.63) is 12.4 Å². The first kappa shape index (κ1) is 10.5. The summed E-state index contributed by atoms with van der Waals surface area (Å²) < 4.78 is 7.50. The molecule has 4 heteroatoms. The fourth-order valence-electron chi connectivity index (χ4n) is 1.91. The lowest BCUT2D eigenvalue weighted by atomic mass is 9.93. The predicted molar refractivity (Wildman–Crippen MR) is 60.0 cm³/mol. The van der Waals surface area contributed by atoms with Crippen LogP contribution in [0, 0.1) is 0 Å². The molecule has 0 saturated carbocycles. The van der Waals surface area contributed by atoms with E-state index in [9.17, 15) is 0 Å². The lowest BCUT2D eigenvalue weighted by Gasteiger charge is -2.34. The Labute approximate surface area is 90.6 Å². The molecule has 2 heterocycles. The Hall–Kier alpha value is -1.03. The summed E-state index contributed by atoms with van der Waals surface area (Å²) in [5, 5.41) is 3.53. The molecule has 0 amide bonds. The maximum Gasteiger partial charge on any atom is 0.203 e. The Balaban J connectivity index is 2.06. The molecular weight excluding hydrogens is 190 g/mol. The molecule has 0 aromatic carbocycles. The highest BCUT2D eigenvalue weighted by Gasteiger charge is 2.28. The molecule has 4 nitrogen and oxygen atoms in total. The second-order valence-corrected chi connectivity index (χ2v) is 4.33. The molecular formula is C11H19N3O. The van der Waals surface area contributed by atoms with Crippen LogP contribution in [0.25, 0.3) is 0 Å². The number of nitrogens with one attached hydrogen (secondary N) is 1. The zero-order valence-electron chi connectivity index (χ0n) is 9.49. The number of aryl methyl sites for hydroxylation is 1. The molecule has 0 spiro atoms. The summed E-state index contributed by atoms with van der Waals surface area (Å²) >= 11 is 0. The summed E-state index contributed by atoms with van der Waals surface area (Å²) in [4.78, 5) is 4.34. The predicted octanol–water partition coefficient (Wildman–Crippen LogP) is 1.88. The molecule has 1 fully saturated rings. The van der Waals surface area contributed by atoms with E-state index in [1.54, 1.807) is 0 Å². The second kappa shape index (κ2) is 4.23. The Morgan fingerprint density at radius 3 is 2.93 bits per heavy atom. The van der Waals surface area contributed by atoms with E-state index in [2.05, 4.69) is 28.7 Å². The number of hydrogen-bond acceptors (Lipinski definition) is 3. The molecule has 2 rings (SSSR count). The largest absolute Gasteiger partial charge is 0.381 e. The number of nitrogens with zero attached hydrogens (tertiary/aromatic N) is 2. The van der Waals surface area contributed by atoms with Gasteiger partial charge in [0, 0.05) is 37.7 Å². The third-order valence-corrected chi connectivity index (χ3v) is 3.07. The van der Waals surface area contributed by atoms with Crippen LogP contribution in [0.4, 0.5) is 5.95 Å². The van der Waals surface area contributed by atoms with Crippen LogP contribution in [-0.4, -0.2) is 28.3 Å². The average molecular weight is 209 g/mol. The zero-order valence-corrected chi connectivity index (χ0v) is 9.49. The molecule has 0 atom stereocenters.